The Morgan fingerprint density at radius 1 is 0.808 bits per heavy atom. The Balaban J connectivity index is 1.12. The van der Waals surface area contributed by atoms with Crippen LogP contribution in [-0.2, 0) is 22.7 Å². The van der Waals surface area contributed by atoms with Crippen molar-refractivity contribution in [2.75, 3.05) is 20.2 Å². The van der Waals surface area contributed by atoms with E-state index in [-0.39, 0.29) is 35.0 Å². The van der Waals surface area contributed by atoms with Crippen molar-refractivity contribution in [3.63, 3.8) is 0 Å². The molecule has 2 fully saturated rings. The average Bonchev–Trinajstić information content (AvgIpc) is 3.76. The van der Waals surface area contributed by atoms with E-state index in [1.165, 1.54) is 17.6 Å². The first-order chi connectivity index (χ1) is 25.2. The fourth-order valence-corrected chi connectivity index (χ4v) is 7.53. The SMILES string of the molecule is COc1cc(-c2cccc(-c3cccc(-c4ccn5c(=O)c(CNC[C@H]6CCC(=O)N6)cnc5c4)c3Cl)c2Cl)c(F)cc1CNC[C@@H]1CCC(=O)N1. The Morgan fingerprint density at radius 2 is 1.38 bits per heavy atom. The summed E-state index contributed by atoms with van der Waals surface area (Å²) in [6.07, 6.45) is 5.83. The summed E-state index contributed by atoms with van der Waals surface area (Å²) in [6.45, 7) is 1.84. The van der Waals surface area contributed by atoms with Crippen LogP contribution in [0.3, 0.4) is 0 Å². The molecule has 0 bridgehead atoms. The minimum Gasteiger partial charge on any atom is -0.496 e. The third-order valence-electron chi connectivity index (χ3n) is 9.62. The van der Waals surface area contributed by atoms with Crippen molar-refractivity contribution in [3.8, 4) is 39.1 Å². The highest BCUT2D eigenvalue weighted by atomic mass is 35.5. The number of fused-ring (bicyclic) bond motifs is 1. The molecule has 13 heteroatoms. The molecule has 0 radical (unpaired) electrons. The molecule has 4 heterocycles. The Morgan fingerprint density at radius 3 is 1.98 bits per heavy atom. The normalized spacial score (nSPS) is 17.1. The van der Waals surface area contributed by atoms with Crippen LogP contribution in [-0.4, -0.2) is 53.5 Å². The predicted octanol–water partition coefficient (Wildman–Crippen LogP) is 5.89. The van der Waals surface area contributed by atoms with Crippen LogP contribution in [0.5, 0.6) is 5.75 Å². The molecule has 268 valence electrons. The summed E-state index contributed by atoms with van der Waals surface area (Å²) < 4.78 is 22.9. The second-order valence-corrected chi connectivity index (χ2v) is 13.8. The van der Waals surface area contributed by atoms with Gasteiger partial charge in [0.15, 0.2) is 0 Å². The molecule has 4 N–H and O–H groups in total. The fraction of sp³-hybridized carbons (Fsp3) is 0.282. The van der Waals surface area contributed by atoms with E-state index >= 15 is 4.39 Å². The number of nitrogens with zero attached hydrogens (tertiary/aromatic N) is 2. The second kappa shape index (κ2) is 15.4. The first-order valence-corrected chi connectivity index (χ1v) is 17.9. The van der Waals surface area contributed by atoms with Crippen molar-refractivity contribution in [2.24, 2.45) is 0 Å². The summed E-state index contributed by atoms with van der Waals surface area (Å²) in [5.74, 6) is 0.149. The number of aromatic nitrogens is 2. The van der Waals surface area contributed by atoms with E-state index in [2.05, 4.69) is 26.3 Å². The van der Waals surface area contributed by atoms with E-state index in [9.17, 15) is 14.4 Å². The smallest absolute Gasteiger partial charge is 0.262 e. The van der Waals surface area contributed by atoms with E-state index < -0.39 is 5.82 Å². The van der Waals surface area contributed by atoms with Gasteiger partial charge in [-0.3, -0.25) is 18.8 Å². The van der Waals surface area contributed by atoms with Crippen LogP contribution in [0.2, 0.25) is 10.0 Å². The van der Waals surface area contributed by atoms with E-state index in [4.69, 9.17) is 27.9 Å². The van der Waals surface area contributed by atoms with Gasteiger partial charge in [-0.05, 0) is 42.7 Å². The minimum absolute atomic E-state index is 0.0450. The van der Waals surface area contributed by atoms with Gasteiger partial charge in [0, 0.05) is 102 Å². The molecular weight excluding hydrogens is 706 g/mol. The zero-order valence-corrected chi connectivity index (χ0v) is 29.9. The molecule has 0 unspecified atom stereocenters. The molecule has 52 heavy (non-hydrogen) atoms. The van der Waals surface area contributed by atoms with Crippen molar-refractivity contribution >= 4 is 40.7 Å². The van der Waals surface area contributed by atoms with Gasteiger partial charge in [0.2, 0.25) is 11.8 Å². The molecular formula is C39H37Cl2FN6O4. The molecule has 0 spiro atoms. The summed E-state index contributed by atoms with van der Waals surface area (Å²) >= 11 is 14.1. The molecule has 2 aromatic heterocycles. The van der Waals surface area contributed by atoms with Crippen LogP contribution < -0.4 is 31.6 Å². The quantitative estimate of drug-likeness (QED) is 0.126. The lowest BCUT2D eigenvalue weighted by atomic mass is 9.95. The van der Waals surface area contributed by atoms with Crippen molar-refractivity contribution in [1.29, 1.82) is 0 Å². The topological polar surface area (TPSA) is 126 Å². The predicted molar refractivity (Wildman–Crippen MR) is 200 cm³/mol. The number of ether oxygens (including phenoxy) is 1. The minimum atomic E-state index is -0.453. The Hall–Kier alpha value is -4.81. The second-order valence-electron chi connectivity index (χ2n) is 13.1. The molecule has 0 saturated carbocycles. The molecule has 10 nitrogen and oxygen atoms in total. The Kier molecular flexibility index (Phi) is 10.6. The number of rotatable bonds is 12. The highest BCUT2D eigenvalue weighted by Gasteiger charge is 2.23. The zero-order chi connectivity index (χ0) is 36.4. The van der Waals surface area contributed by atoms with Crippen molar-refractivity contribution in [1.82, 2.24) is 30.7 Å². The number of pyridine rings is 1. The number of nitrogens with one attached hydrogen (secondary N) is 4. The van der Waals surface area contributed by atoms with E-state index in [0.717, 1.165) is 18.4 Å². The molecule has 2 aliphatic heterocycles. The first kappa shape index (κ1) is 35.6. The lowest BCUT2D eigenvalue weighted by molar-refractivity contribution is -0.120. The van der Waals surface area contributed by atoms with Crippen LogP contribution in [0, 0.1) is 5.82 Å². The Labute approximate surface area is 309 Å². The summed E-state index contributed by atoms with van der Waals surface area (Å²) in [4.78, 5) is 40.8. The van der Waals surface area contributed by atoms with E-state index in [1.54, 1.807) is 36.7 Å². The van der Waals surface area contributed by atoms with Crippen molar-refractivity contribution in [2.45, 2.75) is 50.9 Å². The third-order valence-corrected chi connectivity index (χ3v) is 10.4. The maximum Gasteiger partial charge on any atom is 0.262 e. The van der Waals surface area contributed by atoms with Crippen LogP contribution in [0.25, 0.3) is 39.0 Å². The maximum atomic E-state index is 15.8. The number of carbonyl (C=O) groups is 2. The van der Waals surface area contributed by atoms with Gasteiger partial charge in [-0.15, -0.1) is 0 Å². The van der Waals surface area contributed by atoms with Crippen LogP contribution in [0.1, 0.15) is 36.8 Å². The van der Waals surface area contributed by atoms with Crippen LogP contribution >= 0.6 is 23.2 Å². The molecule has 2 atom stereocenters. The standard InChI is InChI=1S/C39H37Cl2FN6O4/c1-52-33-16-31(32(42)14-23(33)17-43-20-25-8-10-35(49)46-25)30-7-3-6-29(38(30)41)28-5-2-4-27(37(28)40)22-12-13-48-34(15-22)45-19-24(39(48)51)18-44-21-26-9-11-36(50)47-26/h2-7,12-16,19,25-26,43-44H,8-11,17-18,20-21H2,1H3,(H,46,49)(H,47,50)/t25-,26+/m0/s1. The lowest BCUT2D eigenvalue weighted by Gasteiger charge is -2.17. The maximum absolute atomic E-state index is 15.8. The molecule has 5 aromatic rings. The van der Waals surface area contributed by atoms with E-state index in [0.29, 0.717) is 93.8 Å². The number of halogens is 3. The number of carbonyl (C=O) groups excluding carboxylic acids is 2. The van der Waals surface area contributed by atoms with Gasteiger partial charge in [0.25, 0.3) is 5.56 Å². The number of hydrogen-bond acceptors (Lipinski definition) is 7. The van der Waals surface area contributed by atoms with Crippen molar-refractivity contribution in [3.05, 3.63) is 110 Å². The molecule has 7 rings (SSSR count). The largest absolute Gasteiger partial charge is 0.496 e. The molecule has 2 aliphatic rings. The first-order valence-electron chi connectivity index (χ1n) is 17.1. The van der Waals surface area contributed by atoms with Gasteiger partial charge in [0.05, 0.1) is 17.2 Å². The molecule has 2 saturated heterocycles. The molecule has 3 aromatic carbocycles. The number of hydrogen-bond donors (Lipinski definition) is 4. The average molecular weight is 744 g/mol. The summed E-state index contributed by atoms with van der Waals surface area (Å²) in [6, 6.07) is 17.8. The van der Waals surface area contributed by atoms with Crippen molar-refractivity contribution < 1.29 is 18.7 Å². The van der Waals surface area contributed by atoms with Gasteiger partial charge >= 0.3 is 0 Å². The summed E-state index contributed by atoms with van der Waals surface area (Å²) in [5.41, 5.74) is 4.95. The molecule has 2 amide bonds. The van der Waals surface area contributed by atoms with E-state index in [1.807, 2.05) is 30.3 Å². The van der Waals surface area contributed by atoms with Gasteiger partial charge in [-0.25, -0.2) is 9.37 Å². The van der Waals surface area contributed by atoms with Gasteiger partial charge < -0.3 is 26.0 Å². The van der Waals surface area contributed by atoms with Crippen LogP contribution in [0.15, 0.2) is 77.9 Å². The van der Waals surface area contributed by atoms with Gasteiger partial charge in [-0.2, -0.15) is 0 Å². The van der Waals surface area contributed by atoms with Gasteiger partial charge in [-0.1, -0.05) is 59.6 Å². The summed E-state index contributed by atoms with van der Waals surface area (Å²) in [5, 5.41) is 13.1. The van der Waals surface area contributed by atoms with Gasteiger partial charge in [0.1, 0.15) is 17.2 Å². The fourth-order valence-electron chi connectivity index (χ4n) is 6.87. The summed E-state index contributed by atoms with van der Waals surface area (Å²) in [7, 11) is 1.54. The highest BCUT2D eigenvalue weighted by molar-refractivity contribution is 6.39. The number of methoxy groups -OCH3 is 1. The third kappa shape index (κ3) is 7.40. The Bertz CT molecular complexity index is 2250. The monoisotopic (exact) mass is 742 g/mol. The lowest BCUT2D eigenvalue weighted by Crippen LogP contribution is -2.36. The zero-order valence-electron chi connectivity index (χ0n) is 28.4. The van der Waals surface area contributed by atoms with Crippen LogP contribution in [0.4, 0.5) is 4.39 Å². The number of benzene rings is 3. The molecule has 0 aliphatic carbocycles. The highest BCUT2D eigenvalue weighted by Crippen LogP contribution is 2.43. The number of amides is 2.